The Balaban J connectivity index is 2.34. The number of nitrogens with two attached hydrogens (primary N) is 1. The van der Waals surface area contributed by atoms with Crippen LogP contribution in [0.1, 0.15) is 22.7 Å². The van der Waals surface area contributed by atoms with E-state index < -0.39 is 17.3 Å². The Morgan fingerprint density at radius 1 is 1.44 bits per heavy atom. The number of allylic oxidation sites excluding steroid dienone is 1. The zero-order valence-corrected chi connectivity index (χ0v) is 15.5. The van der Waals surface area contributed by atoms with Crippen LogP contribution in [-0.2, 0) is 11.3 Å². The van der Waals surface area contributed by atoms with Gasteiger partial charge in [0.15, 0.2) is 0 Å². The van der Waals surface area contributed by atoms with E-state index >= 15 is 0 Å². The maximum Gasteiger partial charge on any atom is 0.258 e. The van der Waals surface area contributed by atoms with E-state index in [0.29, 0.717) is 18.8 Å². The first-order valence-electron chi connectivity index (χ1n) is 8.15. The monoisotopic (exact) mass is 389 g/mol. The second-order valence-corrected chi connectivity index (χ2v) is 6.48. The third kappa shape index (κ3) is 3.18. The first-order valence-corrected chi connectivity index (χ1v) is 8.53. The van der Waals surface area contributed by atoms with Gasteiger partial charge in [0.1, 0.15) is 23.2 Å². The highest BCUT2D eigenvalue weighted by Gasteiger charge is 2.37. The summed E-state index contributed by atoms with van der Waals surface area (Å²) in [4.78, 5) is 13.2. The second-order valence-electron chi connectivity index (χ2n) is 6.07. The van der Waals surface area contributed by atoms with Crippen LogP contribution in [0.2, 0.25) is 5.02 Å². The van der Waals surface area contributed by atoms with Gasteiger partial charge in [0.25, 0.3) is 5.56 Å². The van der Waals surface area contributed by atoms with Gasteiger partial charge >= 0.3 is 0 Å². The van der Waals surface area contributed by atoms with Crippen LogP contribution >= 0.6 is 11.6 Å². The van der Waals surface area contributed by atoms with Gasteiger partial charge in [0, 0.05) is 36.0 Å². The van der Waals surface area contributed by atoms with Crippen molar-refractivity contribution in [3.05, 3.63) is 73.7 Å². The summed E-state index contributed by atoms with van der Waals surface area (Å²) in [6, 6.07) is 7.74. The van der Waals surface area contributed by atoms with E-state index in [1.807, 2.05) is 6.07 Å². The molecule has 1 aliphatic rings. The van der Waals surface area contributed by atoms with Crippen LogP contribution < -0.4 is 16.0 Å². The highest BCUT2D eigenvalue weighted by atomic mass is 35.5. The maximum atomic E-state index is 14.7. The summed E-state index contributed by atoms with van der Waals surface area (Å²) in [6.07, 6.45) is 0. The number of methoxy groups -OCH3 is 1. The van der Waals surface area contributed by atoms with Gasteiger partial charge in [-0.05, 0) is 19.1 Å². The highest BCUT2D eigenvalue weighted by Crippen LogP contribution is 2.43. The average Bonchev–Trinajstić information content (AvgIpc) is 2.61. The summed E-state index contributed by atoms with van der Waals surface area (Å²) in [5.74, 6) is -1.69. The molecule has 0 saturated carbocycles. The van der Waals surface area contributed by atoms with Gasteiger partial charge in [-0.15, -0.1) is 0 Å². The summed E-state index contributed by atoms with van der Waals surface area (Å²) in [5.41, 5.74) is 6.18. The number of rotatable bonds is 4. The van der Waals surface area contributed by atoms with Crippen molar-refractivity contribution in [1.82, 2.24) is 4.57 Å². The van der Waals surface area contributed by atoms with Crippen molar-refractivity contribution in [3.63, 3.8) is 0 Å². The van der Waals surface area contributed by atoms with Crippen LogP contribution in [0, 0.1) is 24.1 Å². The van der Waals surface area contributed by atoms with E-state index in [1.165, 1.54) is 29.9 Å². The number of hydrogen-bond donors (Lipinski definition) is 1. The first-order chi connectivity index (χ1) is 12.9. The van der Waals surface area contributed by atoms with Crippen LogP contribution in [-0.4, -0.2) is 18.3 Å². The van der Waals surface area contributed by atoms with Gasteiger partial charge in [-0.1, -0.05) is 17.7 Å². The number of aryl methyl sites for hydroxylation is 1. The van der Waals surface area contributed by atoms with Gasteiger partial charge in [0.05, 0.1) is 18.1 Å². The average molecular weight is 390 g/mol. The van der Waals surface area contributed by atoms with E-state index in [9.17, 15) is 14.4 Å². The minimum Gasteiger partial charge on any atom is -0.440 e. The molecule has 1 atom stereocenters. The molecule has 3 rings (SSSR count). The predicted molar refractivity (Wildman–Crippen MR) is 98.0 cm³/mol. The summed E-state index contributed by atoms with van der Waals surface area (Å²) in [5, 5.41) is 9.69. The Morgan fingerprint density at radius 3 is 2.81 bits per heavy atom. The molecule has 1 aromatic carbocycles. The molecule has 1 aliphatic heterocycles. The van der Waals surface area contributed by atoms with Crippen molar-refractivity contribution in [2.45, 2.75) is 19.4 Å². The quantitative estimate of drug-likeness (QED) is 0.868. The molecule has 2 N–H and O–H groups in total. The van der Waals surface area contributed by atoms with E-state index in [4.69, 9.17) is 26.8 Å². The molecular weight excluding hydrogens is 373 g/mol. The van der Waals surface area contributed by atoms with E-state index in [-0.39, 0.29) is 33.4 Å². The summed E-state index contributed by atoms with van der Waals surface area (Å²) in [7, 11) is 1.53. The zero-order valence-electron chi connectivity index (χ0n) is 14.8. The molecule has 2 aromatic rings. The fourth-order valence-electron chi connectivity index (χ4n) is 3.22. The Kier molecular flexibility index (Phi) is 5.22. The van der Waals surface area contributed by atoms with Crippen molar-refractivity contribution in [3.8, 4) is 11.8 Å². The lowest BCUT2D eigenvalue weighted by molar-refractivity contribution is 0.185. The summed E-state index contributed by atoms with van der Waals surface area (Å²) in [6.45, 7) is 2.35. The van der Waals surface area contributed by atoms with Crippen molar-refractivity contribution >= 4 is 11.6 Å². The van der Waals surface area contributed by atoms with Crippen LogP contribution in [0.3, 0.4) is 0 Å². The van der Waals surface area contributed by atoms with Crippen LogP contribution in [0.4, 0.5) is 4.39 Å². The lowest BCUT2D eigenvalue weighted by atomic mass is 9.83. The van der Waals surface area contributed by atoms with E-state index in [0.717, 1.165) is 0 Å². The van der Waals surface area contributed by atoms with Gasteiger partial charge in [-0.3, -0.25) is 4.79 Å². The van der Waals surface area contributed by atoms with Gasteiger partial charge in [-0.25, -0.2) is 4.39 Å². The predicted octanol–water partition coefficient (Wildman–Crippen LogP) is 2.81. The third-order valence-corrected chi connectivity index (χ3v) is 4.83. The van der Waals surface area contributed by atoms with E-state index in [1.54, 1.807) is 13.0 Å². The van der Waals surface area contributed by atoms with Crippen LogP contribution in [0.25, 0.3) is 0 Å². The molecule has 0 bridgehead atoms. The minimum absolute atomic E-state index is 0.0162. The molecule has 0 fully saturated rings. The summed E-state index contributed by atoms with van der Waals surface area (Å²) < 4.78 is 26.7. The second kappa shape index (κ2) is 7.43. The molecule has 140 valence electrons. The number of ether oxygens (including phenoxy) is 2. The number of benzene rings is 1. The highest BCUT2D eigenvalue weighted by molar-refractivity contribution is 6.31. The molecule has 0 amide bonds. The molecule has 0 saturated heterocycles. The topological polar surface area (TPSA) is 90.3 Å². The molecule has 2 heterocycles. The van der Waals surface area contributed by atoms with Gasteiger partial charge in [-0.2, -0.15) is 5.26 Å². The molecule has 0 radical (unpaired) electrons. The maximum absolute atomic E-state index is 14.7. The normalized spacial score (nSPS) is 15.9. The smallest absolute Gasteiger partial charge is 0.258 e. The number of nitriles is 1. The van der Waals surface area contributed by atoms with Crippen molar-refractivity contribution in [2.24, 2.45) is 5.73 Å². The largest absolute Gasteiger partial charge is 0.440 e. The molecule has 6 nitrogen and oxygen atoms in total. The molecular formula is C19H17ClFN3O3. The molecule has 1 aromatic heterocycles. The molecule has 0 aliphatic carbocycles. The number of halogens is 2. The number of fused-ring (bicyclic) bond motifs is 1. The molecule has 27 heavy (non-hydrogen) atoms. The van der Waals surface area contributed by atoms with Crippen molar-refractivity contribution < 1.29 is 13.9 Å². The number of nitrogens with zero attached hydrogens (tertiary/aromatic N) is 2. The van der Waals surface area contributed by atoms with Crippen molar-refractivity contribution in [1.29, 1.82) is 5.26 Å². The number of aromatic nitrogens is 1. The van der Waals surface area contributed by atoms with Gasteiger partial charge < -0.3 is 19.8 Å². The van der Waals surface area contributed by atoms with E-state index in [2.05, 4.69) is 0 Å². The lowest BCUT2D eigenvalue weighted by Gasteiger charge is -2.28. The fraction of sp³-hybridized carbons (Fsp3) is 0.263. The van der Waals surface area contributed by atoms with Crippen LogP contribution in [0.5, 0.6) is 5.75 Å². The Labute approximate surface area is 160 Å². The minimum atomic E-state index is -1.06. The lowest BCUT2D eigenvalue weighted by Crippen LogP contribution is -2.33. The Bertz CT molecular complexity index is 1020. The fourth-order valence-corrected chi connectivity index (χ4v) is 3.49. The zero-order chi connectivity index (χ0) is 19.7. The third-order valence-electron chi connectivity index (χ3n) is 4.50. The van der Waals surface area contributed by atoms with Gasteiger partial charge in [0.2, 0.25) is 5.88 Å². The first kappa shape index (κ1) is 19.0. The number of pyridine rings is 1. The SMILES string of the molecule is COCCn1c(C)cc2c(c1=O)[C@@H](c1c(F)cccc1Cl)C(C#N)=C(N)O2. The van der Waals surface area contributed by atoms with Crippen molar-refractivity contribution in [2.75, 3.05) is 13.7 Å². The molecule has 0 unspecified atom stereocenters. The Hall–Kier alpha value is -2.82. The molecule has 8 heteroatoms. The molecule has 0 spiro atoms. The number of hydrogen-bond acceptors (Lipinski definition) is 5. The Morgan fingerprint density at radius 2 is 2.19 bits per heavy atom. The van der Waals surface area contributed by atoms with Crippen LogP contribution in [0.15, 0.2) is 40.5 Å². The summed E-state index contributed by atoms with van der Waals surface area (Å²) >= 11 is 6.22. The standard InChI is InChI=1S/C19H17ClFN3O3/c1-10-8-14-17(19(25)24(10)6-7-26-2)15(11(9-22)18(23)27-14)16-12(20)4-3-5-13(16)21/h3-5,8,15H,6-7,23H2,1-2H3/t15-/m1/s1.